The Morgan fingerprint density at radius 1 is 1.67 bits per heavy atom. The van der Waals surface area contributed by atoms with Gasteiger partial charge in [0.1, 0.15) is 6.04 Å². The molecule has 0 fully saturated rings. The van der Waals surface area contributed by atoms with Gasteiger partial charge >= 0.3 is 5.97 Å². The normalized spacial score (nSPS) is 12.3. The predicted octanol–water partition coefficient (Wildman–Crippen LogP) is 1.57. The Morgan fingerprint density at radius 2 is 2.27 bits per heavy atom. The van der Waals surface area contributed by atoms with Gasteiger partial charge in [-0.25, -0.2) is 4.39 Å². The van der Waals surface area contributed by atoms with E-state index in [1.165, 1.54) is 13.2 Å². The highest BCUT2D eigenvalue weighted by molar-refractivity contribution is 6.32. The van der Waals surface area contributed by atoms with E-state index in [4.69, 9.17) is 22.4 Å². The van der Waals surface area contributed by atoms with E-state index in [1.54, 1.807) is 0 Å². The standard InChI is InChI=1S/C9H9ClFNO3/c1-15-8-5(10)2-4(3-6(8)11)7(12)9(13)14/h2-3,7H,12H2,1H3,(H,13,14). The maximum atomic E-state index is 13.3. The zero-order valence-electron chi connectivity index (χ0n) is 7.83. The summed E-state index contributed by atoms with van der Waals surface area (Å²) in [4.78, 5) is 10.6. The van der Waals surface area contributed by atoms with Crippen LogP contribution in [0.3, 0.4) is 0 Å². The minimum Gasteiger partial charge on any atom is -0.492 e. The number of benzene rings is 1. The number of ether oxygens (including phenoxy) is 1. The van der Waals surface area contributed by atoms with Crippen LogP contribution in [-0.4, -0.2) is 18.2 Å². The predicted molar refractivity (Wildman–Crippen MR) is 52.5 cm³/mol. The van der Waals surface area contributed by atoms with E-state index in [1.807, 2.05) is 0 Å². The average Bonchev–Trinajstić information content (AvgIpc) is 2.15. The van der Waals surface area contributed by atoms with Crippen LogP contribution in [0.1, 0.15) is 11.6 Å². The number of rotatable bonds is 3. The van der Waals surface area contributed by atoms with Crippen molar-refractivity contribution in [2.75, 3.05) is 7.11 Å². The third kappa shape index (κ3) is 2.37. The number of aliphatic carboxylic acids is 1. The SMILES string of the molecule is COc1c(F)cc(C(N)C(=O)O)cc1Cl. The molecule has 1 rings (SSSR count). The van der Waals surface area contributed by atoms with Gasteiger partial charge in [-0.3, -0.25) is 4.79 Å². The summed E-state index contributed by atoms with van der Waals surface area (Å²) in [5.74, 6) is -2.12. The highest BCUT2D eigenvalue weighted by atomic mass is 35.5. The number of hydrogen-bond acceptors (Lipinski definition) is 3. The monoisotopic (exact) mass is 233 g/mol. The summed E-state index contributed by atoms with van der Waals surface area (Å²) in [6, 6.07) is 0.953. The summed E-state index contributed by atoms with van der Waals surface area (Å²) in [5, 5.41) is 8.61. The molecule has 0 aliphatic carbocycles. The van der Waals surface area contributed by atoms with Crippen LogP contribution in [0.2, 0.25) is 5.02 Å². The van der Waals surface area contributed by atoms with Gasteiger partial charge in [-0.1, -0.05) is 11.6 Å². The molecule has 0 spiro atoms. The van der Waals surface area contributed by atoms with E-state index >= 15 is 0 Å². The molecular formula is C9H9ClFNO3. The Labute approximate surface area is 90.4 Å². The largest absolute Gasteiger partial charge is 0.492 e. The first-order valence-electron chi connectivity index (χ1n) is 3.98. The Balaban J connectivity index is 3.19. The second-order valence-electron chi connectivity index (χ2n) is 2.83. The molecule has 1 unspecified atom stereocenters. The number of carbonyl (C=O) groups is 1. The van der Waals surface area contributed by atoms with Crippen LogP contribution in [0.5, 0.6) is 5.75 Å². The Morgan fingerprint density at radius 3 is 2.67 bits per heavy atom. The lowest BCUT2D eigenvalue weighted by Crippen LogP contribution is -2.20. The second-order valence-corrected chi connectivity index (χ2v) is 3.24. The fourth-order valence-electron chi connectivity index (χ4n) is 1.10. The highest BCUT2D eigenvalue weighted by Gasteiger charge is 2.18. The summed E-state index contributed by atoms with van der Waals surface area (Å²) in [6.45, 7) is 0. The van der Waals surface area contributed by atoms with Gasteiger partial charge in [0.15, 0.2) is 11.6 Å². The molecule has 0 saturated heterocycles. The fourth-order valence-corrected chi connectivity index (χ4v) is 1.39. The van der Waals surface area contributed by atoms with Gasteiger partial charge < -0.3 is 15.6 Å². The third-order valence-corrected chi connectivity index (χ3v) is 2.13. The minimum absolute atomic E-state index is 0.01000. The van der Waals surface area contributed by atoms with Crippen LogP contribution < -0.4 is 10.5 Å². The molecule has 0 heterocycles. The molecule has 0 saturated carbocycles. The van der Waals surface area contributed by atoms with E-state index in [-0.39, 0.29) is 16.3 Å². The molecule has 6 heteroatoms. The molecule has 1 aromatic rings. The summed E-state index contributed by atoms with van der Waals surface area (Å²) in [6.07, 6.45) is 0. The maximum Gasteiger partial charge on any atom is 0.325 e. The first kappa shape index (κ1) is 11.7. The van der Waals surface area contributed by atoms with Crippen molar-refractivity contribution in [3.63, 3.8) is 0 Å². The smallest absolute Gasteiger partial charge is 0.325 e. The number of carboxylic acid groups (broad SMARTS) is 1. The van der Waals surface area contributed by atoms with E-state index in [0.29, 0.717) is 0 Å². The van der Waals surface area contributed by atoms with E-state index in [2.05, 4.69) is 4.74 Å². The van der Waals surface area contributed by atoms with Crippen molar-refractivity contribution < 1.29 is 19.0 Å². The van der Waals surface area contributed by atoms with Crippen LogP contribution in [-0.2, 0) is 4.79 Å². The molecule has 0 aliphatic heterocycles. The zero-order chi connectivity index (χ0) is 11.6. The maximum absolute atomic E-state index is 13.3. The quantitative estimate of drug-likeness (QED) is 0.831. The average molecular weight is 234 g/mol. The van der Waals surface area contributed by atoms with Crippen molar-refractivity contribution in [3.8, 4) is 5.75 Å². The van der Waals surface area contributed by atoms with Gasteiger partial charge in [-0.05, 0) is 17.7 Å². The lowest BCUT2D eigenvalue weighted by Gasteiger charge is -2.10. The summed E-state index contributed by atoms with van der Waals surface area (Å²) in [5.41, 5.74) is 5.39. The molecule has 0 bridgehead atoms. The molecule has 1 aromatic carbocycles. The Hall–Kier alpha value is -1.33. The van der Waals surface area contributed by atoms with Crippen molar-refractivity contribution >= 4 is 17.6 Å². The van der Waals surface area contributed by atoms with E-state index in [9.17, 15) is 9.18 Å². The minimum atomic E-state index is -1.30. The second kappa shape index (κ2) is 4.46. The van der Waals surface area contributed by atoms with Crippen LogP contribution in [0.4, 0.5) is 4.39 Å². The number of halogens is 2. The van der Waals surface area contributed by atoms with Crippen molar-refractivity contribution in [1.29, 1.82) is 0 Å². The molecule has 0 radical (unpaired) electrons. The number of nitrogens with two attached hydrogens (primary N) is 1. The van der Waals surface area contributed by atoms with E-state index < -0.39 is 17.8 Å². The van der Waals surface area contributed by atoms with Gasteiger partial charge in [0.05, 0.1) is 12.1 Å². The molecule has 3 N–H and O–H groups in total. The van der Waals surface area contributed by atoms with Gasteiger partial charge in [-0.15, -0.1) is 0 Å². The molecule has 0 aliphatic rings. The summed E-state index contributed by atoms with van der Waals surface area (Å²) >= 11 is 5.67. The summed E-state index contributed by atoms with van der Waals surface area (Å²) in [7, 11) is 1.26. The number of hydrogen-bond donors (Lipinski definition) is 2. The topological polar surface area (TPSA) is 72.5 Å². The molecular weight excluding hydrogens is 225 g/mol. The van der Waals surface area contributed by atoms with Crippen molar-refractivity contribution in [1.82, 2.24) is 0 Å². The molecule has 4 nitrogen and oxygen atoms in total. The van der Waals surface area contributed by atoms with Crippen LogP contribution in [0, 0.1) is 5.82 Å². The van der Waals surface area contributed by atoms with Crippen molar-refractivity contribution in [2.24, 2.45) is 5.73 Å². The molecule has 15 heavy (non-hydrogen) atoms. The van der Waals surface area contributed by atoms with Crippen LogP contribution in [0.25, 0.3) is 0 Å². The number of methoxy groups -OCH3 is 1. The first-order valence-corrected chi connectivity index (χ1v) is 4.36. The first-order chi connectivity index (χ1) is 6.97. The third-order valence-electron chi connectivity index (χ3n) is 1.85. The van der Waals surface area contributed by atoms with E-state index in [0.717, 1.165) is 6.07 Å². The lowest BCUT2D eigenvalue weighted by atomic mass is 10.1. The zero-order valence-corrected chi connectivity index (χ0v) is 8.58. The fraction of sp³-hybridized carbons (Fsp3) is 0.222. The molecule has 82 valence electrons. The molecule has 1 atom stereocenters. The van der Waals surface area contributed by atoms with Crippen LogP contribution in [0.15, 0.2) is 12.1 Å². The van der Waals surface area contributed by atoms with Gasteiger partial charge in [0.25, 0.3) is 0 Å². The lowest BCUT2D eigenvalue weighted by molar-refractivity contribution is -0.138. The Bertz CT molecular complexity index is 374. The molecule has 0 aromatic heterocycles. The number of carboxylic acids is 1. The summed E-state index contributed by atoms with van der Waals surface area (Å²) < 4.78 is 18.0. The highest BCUT2D eigenvalue weighted by Crippen LogP contribution is 2.30. The van der Waals surface area contributed by atoms with Crippen molar-refractivity contribution in [3.05, 3.63) is 28.5 Å². The van der Waals surface area contributed by atoms with Gasteiger partial charge in [-0.2, -0.15) is 0 Å². The van der Waals surface area contributed by atoms with Crippen molar-refractivity contribution in [2.45, 2.75) is 6.04 Å². The van der Waals surface area contributed by atoms with Gasteiger partial charge in [0.2, 0.25) is 0 Å². The Kier molecular flexibility index (Phi) is 3.49. The molecule has 0 amide bonds. The van der Waals surface area contributed by atoms with Gasteiger partial charge in [0, 0.05) is 0 Å². The van der Waals surface area contributed by atoms with Crippen LogP contribution >= 0.6 is 11.6 Å².